The number of carbonyl (C=O) groups is 4. The Bertz CT molecular complexity index is 1310. The monoisotopic (exact) mass is 594 g/mol. The quantitative estimate of drug-likeness (QED) is 0.155. The molecule has 12 heteroatoms. The number of methoxy groups -OCH3 is 2. The van der Waals surface area contributed by atoms with E-state index in [1.54, 1.807) is 60.7 Å². The molecule has 0 heterocycles. The van der Waals surface area contributed by atoms with Crippen molar-refractivity contribution in [2.45, 2.75) is 5.60 Å². The molecule has 0 amide bonds. The molecule has 0 aliphatic carbocycles. The van der Waals surface area contributed by atoms with Crippen LogP contribution in [-0.4, -0.2) is 102 Å². The van der Waals surface area contributed by atoms with Gasteiger partial charge in [-0.25, -0.2) is 0 Å². The number of hydrogen-bond donors (Lipinski definition) is 3. The molecule has 0 radical (unpaired) electrons. The number of benzene rings is 3. The second-order valence-corrected chi connectivity index (χ2v) is 9.58. The first-order valence-electron chi connectivity index (χ1n) is 13.2. The standard InChI is InChI=1S/C31H34N2O10/c1-41-25-12-8-23(9-13-25)31(22-6-4-3-5-7-22,24-10-14-26(42-2)15-11-24)43-30(40)21-33(20-29(38)39)17-16-32(18-27(34)35)19-28(36)37/h3-15H,16-21H2,1-2H3,(H,34,35)(H,36,37)(H,38,39). The Kier molecular flexibility index (Phi) is 11.6. The van der Waals surface area contributed by atoms with E-state index < -0.39 is 55.7 Å². The lowest BCUT2D eigenvalue weighted by atomic mass is 9.80. The summed E-state index contributed by atoms with van der Waals surface area (Å²) in [5.74, 6) is -3.29. The third-order valence-electron chi connectivity index (χ3n) is 6.60. The smallest absolute Gasteiger partial charge is 0.321 e. The summed E-state index contributed by atoms with van der Waals surface area (Å²) >= 11 is 0. The van der Waals surface area contributed by atoms with E-state index in [2.05, 4.69) is 0 Å². The van der Waals surface area contributed by atoms with Crippen molar-refractivity contribution in [2.75, 3.05) is 53.5 Å². The maximum Gasteiger partial charge on any atom is 0.321 e. The summed E-state index contributed by atoms with van der Waals surface area (Å²) in [5, 5.41) is 27.8. The Hall–Kier alpha value is -4.94. The number of hydrogen-bond acceptors (Lipinski definition) is 9. The third-order valence-corrected chi connectivity index (χ3v) is 6.60. The highest BCUT2D eigenvalue weighted by atomic mass is 16.6. The number of rotatable bonds is 17. The van der Waals surface area contributed by atoms with Crippen molar-refractivity contribution < 1.29 is 48.7 Å². The van der Waals surface area contributed by atoms with Gasteiger partial charge in [0.1, 0.15) is 11.5 Å². The van der Waals surface area contributed by atoms with Gasteiger partial charge < -0.3 is 29.5 Å². The van der Waals surface area contributed by atoms with E-state index >= 15 is 0 Å². The molecule has 0 bridgehead atoms. The second kappa shape index (κ2) is 15.3. The summed E-state index contributed by atoms with van der Waals surface area (Å²) in [6.45, 7) is -2.38. The van der Waals surface area contributed by atoms with E-state index in [9.17, 15) is 24.3 Å². The zero-order valence-corrected chi connectivity index (χ0v) is 23.8. The van der Waals surface area contributed by atoms with Crippen LogP contribution >= 0.6 is 0 Å². The van der Waals surface area contributed by atoms with Crippen molar-refractivity contribution in [1.29, 1.82) is 0 Å². The summed E-state index contributed by atoms with van der Waals surface area (Å²) in [6.07, 6.45) is 0. The maximum atomic E-state index is 13.7. The minimum Gasteiger partial charge on any atom is -0.497 e. The topological polar surface area (TPSA) is 163 Å². The fourth-order valence-corrected chi connectivity index (χ4v) is 4.67. The number of carboxylic acids is 3. The van der Waals surface area contributed by atoms with Crippen molar-refractivity contribution in [2.24, 2.45) is 0 Å². The Labute approximate surface area is 248 Å². The molecule has 0 unspecified atom stereocenters. The van der Waals surface area contributed by atoms with Gasteiger partial charge in [0, 0.05) is 29.8 Å². The van der Waals surface area contributed by atoms with Gasteiger partial charge in [0.25, 0.3) is 0 Å². The number of ether oxygens (including phenoxy) is 3. The lowest BCUT2D eigenvalue weighted by Gasteiger charge is -2.36. The molecule has 3 aromatic carbocycles. The molecule has 228 valence electrons. The summed E-state index contributed by atoms with van der Waals surface area (Å²) in [7, 11) is 3.07. The fourth-order valence-electron chi connectivity index (χ4n) is 4.67. The van der Waals surface area contributed by atoms with Crippen molar-refractivity contribution >= 4 is 23.9 Å². The first kappa shape index (κ1) is 32.6. The molecule has 3 rings (SSSR count). The predicted molar refractivity (Wildman–Crippen MR) is 154 cm³/mol. The molecule has 0 fully saturated rings. The number of esters is 1. The van der Waals surface area contributed by atoms with Gasteiger partial charge in [0.2, 0.25) is 0 Å². The van der Waals surface area contributed by atoms with Gasteiger partial charge in [-0.05, 0) is 24.3 Å². The van der Waals surface area contributed by atoms with Crippen LogP contribution in [-0.2, 0) is 29.5 Å². The van der Waals surface area contributed by atoms with E-state index in [-0.39, 0.29) is 13.1 Å². The number of carboxylic acid groups (broad SMARTS) is 3. The Morgan fingerprint density at radius 2 is 0.953 bits per heavy atom. The Morgan fingerprint density at radius 3 is 1.33 bits per heavy atom. The average Bonchev–Trinajstić information content (AvgIpc) is 2.98. The van der Waals surface area contributed by atoms with Gasteiger partial charge >= 0.3 is 23.9 Å². The van der Waals surface area contributed by atoms with Crippen LogP contribution in [0.1, 0.15) is 16.7 Å². The molecular weight excluding hydrogens is 560 g/mol. The Morgan fingerprint density at radius 1 is 0.581 bits per heavy atom. The molecule has 12 nitrogen and oxygen atoms in total. The molecule has 3 N–H and O–H groups in total. The molecule has 0 aliphatic heterocycles. The Balaban J connectivity index is 2.02. The van der Waals surface area contributed by atoms with Crippen molar-refractivity contribution in [3.63, 3.8) is 0 Å². The van der Waals surface area contributed by atoms with Crippen LogP contribution in [0.15, 0.2) is 78.9 Å². The van der Waals surface area contributed by atoms with E-state index in [0.717, 1.165) is 4.90 Å². The van der Waals surface area contributed by atoms with Crippen LogP contribution in [0.3, 0.4) is 0 Å². The van der Waals surface area contributed by atoms with Gasteiger partial charge in [-0.2, -0.15) is 0 Å². The average molecular weight is 595 g/mol. The first-order chi connectivity index (χ1) is 20.6. The van der Waals surface area contributed by atoms with Crippen molar-refractivity contribution in [3.8, 4) is 11.5 Å². The first-order valence-corrected chi connectivity index (χ1v) is 13.2. The molecule has 0 saturated carbocycles. The predicted octanol–water partition coefficient (Wildman–Crippen LogP) is 2.40. The highest BCUT2D eigenvalue weighted by Gasteiger charge is 2.41. The second-order valence-electron chi connectivity index (χ2n) is 9.58. The molecule has 3 aromatic rings. The SMILES string of the molecule is COc1ccc(C(OC(=O)CN(CCN(CC(=O)O)CC(=O)O)CC(=O)O)(c2ccccc2)c2ccc(OC)cc2)cc1. The molecule has 0 atom stereocenters. The summed E-state index contributed by atoms with van der Waals surface area (Å²) in [5.41, 5.74) is 0.344. The zero-order valence-electron chi connectivity index (χ0n) is 23.8. The fraction of sp³-hybridized carbons (Fsp3) is 0.290. The number of nitrogens with zero attached hydrogens (tertiary/aromatic N) is 2. The molecule has 43 heavy (non-hydrogen) atoms. The van der Waals surface area contributed by atoms with Gasteiger partial charge in [0.15, 0.2) is 5.60 Å². The molecular formula is C31H34N2O10. The van der Waals surface area contributed by atoms with Crippen LogP contribution in [0.2, 0.25) is 0 Å². The largest absolute Gasteiger partial charge is 0.497 e. The van der Waals surface area contributed by atoms with Crippen LogP contribution in [0.5, 0.6) is 11.5 Å². The van der Waals surface area contributed by atoms with Gasteiger partial charge in [0.05, 0.1) is 40.4 Å². The molecule has 0 aromatic heterocycles. The summed E-state index contributed by atoms with van der Waals surface area (Å²) in [4.78, 5) is 50.1. The normalized spacial score (nSPS) is 11.3. The van der Waals surface area contributed by atoms with Crippen molar-refractivity contribution in [3.05, 3.63) is 95.6 Å². The minimum atomic E-state index is -1.47. The molecule has 0 saturated heterocycles. The van der Waals surface area contributed by atoms with E-state index in [0.29, 0.717) is 28.2 Å². The van der Waals surface area contributed by atoms with Crippen LogP contribution in [0, 0.1) is 0 Å². The van der Waals surface area contributed by atoms with Gasteiger partial charge in [-0.15, -0.1) is 0 Å². The van der Waals surface area contributed by atoms with Crippen molar-refractivity contribution in [1.82, 2.24) is 9.80 Å². The van der Waals surface area contributed by atoms with Crippen LogP contribution < -0.4 is 9.47 Å². The van der Waals surface area contributed by atoms with E-state index in [4.69, 9.17) is 24.4 Å². The highest BCUT2D eigenvalue weighted by molar-refractivity contribution is 5.76. The lowest BCUT2D eigenvalue weighted by Crippen LogP contribution is -2.45. The van der Waals surface area contributed by atoms with Crippen LogP contribution in [0.4, 0.5) is 0 Å². The zero-order chi connectivity index (χ0) is 31.4. The van der Waals surface area contributed by atoms with Gasteiger partial charge in [-0.1, -0.05) is 54.6 Å². The van der Waals surface area contributed by atoms with E-state index in [1.165, 1.54) is 19.1 Å². The number of aliphatic carboxylic acids is 3. The summed E-state index contributed by atoms with van der Waals surface area (Å²) in [6, 6.07) is 23.1. The third kappa shape index (κ3) is 9.02. The minimum absolute atomic E-state index is 0.106. The number of carbonyl (C=O) groups excluding carboxylic acids is 1. The van der Waals surface area contributed by atoms with Crippen LogP contribution in [0.25, 0.3) is 0 Å². The molecule has 0 spiro atoms. The molecule has 0 aliphatic rings. The summed E-state index contributed by atoms with van der Waals surface area (Å²) < 4.78 is 17.0. The maximum absolute atomic E-state index is 13.7. The lowest BCUT2D eigenvalue weighted by molar-refractivity contribution is -0.156. The van der Waals surface area contributed by atoms with Gasteiger partial charge in [-0.3, -0.25) is 29.0 Å². The highest BCUT2D eigenvalue weighted by Crippen LogP contribution is 2.41. The van der Waals surface area contributed by atoms with E-state index in [1.807, 2.05) is 18.2 Å².